The molecular weight excluding hydrogens is 354 g/mol. The summed E-state index contributed by atoms with van der Waals surface area (Å²) in [5, 5.41) is 0.656. The molecule has 1 unspecified atom stereocenters. The van der Waals surface area contributed by atoms with Gasteiger partial charge in [-0.05, 0) is 23.8 Å². The predicted octanol–water partition coefficient (Wildman–Crippen LogP) is 4.85. The second-order valence-corrected chi connectivity index (χ2v) is 5.48. The summed E-state index contributed by atoms with van der Waals surface area (Å²) >= 11 is 0. The lowest BCUT2D eigenvalue weighted by Crippen LogP contribution is -2.33. The van der Waals surface area contributed by atoms with E-state index in [-0.39, 0.29) is 5.76 Å². The summed E-state index contributed by atoms with van der Waals surface area (Å²) in [6.45, 7) is -1.75. The Kier molecular flexibility index (Phi) is 4.83. The topological polar surface area (TPSA) is 38.8 Å². The fourth-order valence-corrected chi connectivity index (χ4v) is 2.44. The second kappa shape index (κ2) is 7.07. The molecule has 0 aromatic heterocycles. The van der Waals surface area contributed by atoms with Crippen LogP contribution in [-0.2, 0) is 9.57 Å². The summed E-state index contributed by atoms with van der Waals surface area (Å²) in [5.41, 5.74) is 0.944. The summed E-state index contributed by atoms with van der Waals surface area (Å²) in [6.07, 6.45) is -4.47. The molecule has 0 fully saturated rings. The quantitative estimate of drug-likeness (QED) is 0.728. The molecule has 0 saturated heterocycles. The van der Waals surface area contributed by atoms with Crippen LogP contribution in [0.25, 0.3) is 5.76 Å². The molecule has 1 aliphatic rings. The molecule has 0 aliphatic carbocycles. The molecule has 2 aromatic carbocycles. The largest absolute Gasteiger partial charge is 0.444 e. The van der Waals surface area contributed by atoms with E-state index in [4.69, 9.17) is 4.84 Å². The maximum absolute atomic E-state index is 13.5. The Balaban J connectivity index is 1.89. The third kappa shape index (κ3) is 4.14. The molecule has 2 aromatic rings. The van der Waals surface area contributed by atoms with E-state index in [1.807, 2.05) is 0 Å². The molecule has 0 bridgehead atoms. The van der Waals surface area contributed by atoms with Crippen LogP contribution < -0.4 is 0 Å². The third-order valence-corrected chi connectivity index (χ3v) is 3.55. The Morgan fingerprint density at radius 3 is 2.50 bits per heavy atom. The fourth-order valence-electron chi connectivity index (χ4n) is 2.44. The number of hydrogen-bond donors (Lipinski definition) is 0. The van der Waals surface area contributed by atoms with E-state index in [2.05, 4.69) is 4.74 Å². The van der Waals surface area contributed by atoms with E-state index in [9.17, 15) is 22.4 Å². The minimum Gasteiger partial charge on any atom is -0.438 e. The molecule has 26 heavy (non-hydrogen) atoms. The van der Waals surface area contributed by atoms with Gasteiger partial charge in [-0.2, -0.15) is 13.2 Å². The van der Waals surface area contributed by atoms with Crippen molar-refractivity contribution in [3.63, 3.8) is 0 Å². The second-order valence-electron chi connectivity index (χ2n) is 5.48. The lowest BCUT2D eigenvalue weighted by molar-refractivity contribution is -0.171. The van der Waals surface area contributed by atoms with E-state index in [1.54, 1.807) is 30.3 Å². The van der Waals surface area contributed by atoms with Gasteiger partial charge in [-0.15, -0.1) is 5.06 Å². The number of nitrogens with zero attached hydrogens (tertiary/aromatic N) is 1. The van der Waals surface area contributed by atoms with Crippen LogP contribution in [0.2, 0.25) is 0 Å². The van der Waals surface area contributed by atoms with Crippen molar-refractivity contribution < 1.29 is 31.9 Å². The fraction of sp³-hybridized carbons (Fsp3) is 0.167. The van der Waals surface area contributed by atoms with Gasteiger partial charge in [0.05, 0.1) is 0 Å². The van der Waals surface area contributed by atoms with Crippen molar-refractivity contribution in [2.45, 2.75) is 12.2 Å². The zero-order valence-corrected chi connectivity index (χ0v) is 13.2. The zero-order chi connectivity index (χ0) is 18.7. The number of alkyl halides is 3. The lowest BCUT2D eigenvalue weighted by atomic mass is 10.0. The average molecular weight is 367 g/mol. The van der Waals surface area contributed by atoms with Crippen molar-refractivity contribution in [2.75, 3.05) is 6.61 Å². The molecule has 8 heteroatoms. The number of carbonyl (C=O) groups excluding carboxylic acids is 1. The van der Waals surface area contributed by atoms with Crippen LogP contribution in [0, 0.1) is 5.82 Å². The van der Waals surface area contributed by atoms with Crippen LogP contribution in [0.3, 0.4) is 0 Å². The van der Waals surface area contributed by atoms with E-state index >= 15 is 0 Å². The Labute approximate surface area is 146 Å². The summed E-state index contributed by atoms with van der Waals surface area (Å²) in [5.74, 6) is -0.295. The zero-order valence-electron chi connectivity index (χ0n) is 13.2. The molecule has 1 heterocycles. The van der Waals surface area contributed by atoms with Crippen LogP contribution in [0.15, 0.2) is 60.7 Å². The summed E-state index contributed by atoms with van der Waals surface area (Å²) in [7, 11) is 0. The smallest absolute Gasteiger partial charge is 0.438 e. The van der Waals surface area contributed by atoms with Gasteiger partial charge in [-0.1, -0.05) is 42.5 Å². The monoisotopic (exact) mass is 367 g/mol. The molecule has 4 nitrogen and oxygen atoms in total. The highest BCUT2D eigenvalue weighted by Gasteiger charge is 2.37. The normalized spacial score (nSPS) is 16.8. The van der Waals surface area contributed by atoms with Gasteiger partial charge in [0.2, 0.25) is 0 Å². The van der Waals surface area contributed by atoms with E-state index < -0.39 is 30.7 Å². The van der Waals surface area contributed by atoms with Crippen LogP contribution in [-0.4, -0.2) is 23.9 Å². The van der Waals surface area contributed by atoms with Crippen molar-refractivity contribution in [1.29, 1.82) is 0 Å². The molecular formula is C18H13F4NO3. The maximum Gasteiger partial charge on any atom is 0.444 e. The number of hydrogen-bond acceptors (Lipinski definition) is 3. The summed E-state index contributed by atoms with van der Waals surface area (Å²) in [6, 6.07) is 13.1. The summed E-state index contributed by atoms with van der Waals surface area (Å²) < 4.78 is 54.7. The highest BCUT2D eigenvalue weighted by atomic mass is 19.4. The van der Waals surface area contributed by atoms with Crippen molar-refractivity contribution in [2.24, 2.45) is 0 Å². The van der Waals surface area contributed by atoms with Crippen LogP contribution in [0.5, 0.6) is 0 Å². The first-order valence-electron chi connectivity index (χ1n) is 7.57. The number of hydroxylamine groups is 2. The van der Waals surface area contributed by atoms with Gasteiger partial charge in [-0.25, -0.2) is 9.18 Å². The molecule has 0 N–H and O–H groups in total. The van der Waals surface area contributed by atoms with Crippen LogP contribution >= 0.6 is 0 Å². The Hall–Kier alpha value is -3.03. The highest BCUT2D eigenvalue weighted by molar-refractivity contribution is 5.72. The maximum atomic E-state index is 13.5. The molecule has 0 saturated carbocycles. The van der Waals surface area contributed by atoms with Crippen molar-refractivity contribution >= 4 is 11.9 Å². The van der Waals surface area contributed by atoms with Gasteiger partial charge in [0.25, 0.3) is 0 Å². The molecule has 3 rings (SSSR count). The SMILES string of the molecule is O=C(OCC(F)(F)F)N1OC(c2ccccc2)=CC1c1cccc(F)c1. The molecule has 0 spiro atoms. The number of amides is 1. The molecule has 1 aliphatic heterocycles. The van der Waals surface area contributed by atoms with Crippen LogP contribution in [0.4, 0.5) is 22.4 Å². The minimum atomic E-state index is -4.67. The average Bonchev–Trinajstić information content (AvgIpc) is 3.05. The number of benzene rings is 2. The van der Waals surface area contributed by atoms with Gasteiger partial charge < -0.3 is 9.57 Å². The van der Waals surface area contributed by atoms with Gasteiger partial charge in [-0.3, -0.25) is 0 Å². The Bertz CT molecular complexity index is 821. The van der Waals surface area contributed by atoms with E-state index in [0.717, 1.165) is 0 Å². The van der Waals surface area contributed by atoms with Crippen LogP contribution in [0.1, 0.15) is 17.2 Å². The molecule has 1 amide bonds. The molecule has 0 radical (unpaired) electrons. The lowest BCUT2D eigenvalue weighted by Gasteiger charge is -2.23. The Morgan fingerprint density at radius 1 is 1.12 bits per heavy atom. The van der Waals surface area contributed by atoms with Gasteiger partial charge in [0.15, 0.2) is 12.4 Å². The Morgan fingerprint density at radius 2 is 1.85 bits per heavy atom. The molecule has 136 valence electrons. The van der Waals surface area contributed by atoms with Gasteiger partial charge in [0, 0.05) is 5.56 Å². The van der Waals surface area contributed by atoms with Gasteiger partial charge >= 0.3 is 12.3 Å². The van der Waals surface area contributed by atoms with Gasteiger partial charge in [0.1, 0.15) is 11.9 Å². The standard InChI is InChI=1S/C18H13F4NO3/c19-14-8-4-7-13(9-14)15-10-16(12-5-2-1-3-6-12)26-23(15)17(24)25-11-18(20,21)22/h1-10,15H,11H2. The predicted molar refractivity (Wildman–Crippen MR) is 83.9 cm³/mol. The van der Waals surface area contributed by atoms with Crippen molar-refractivity contribution in [3.05, 3.63) is 77.6 Å². The van der Waals surface area contributed by atoms with E-state index in [1.165, 1.54) is 30.3 Å². The number of carbonyl (C=O) groups is 1. The molecule has 1 atom stereocenters. The highest BCUT2D eigenvalue weighted by Crippen LogP contribution is 2.36. The number of rotatable bonds is 3. The first kappa shape index (κ1) is 17.8. The summed E-state index contributed by atoms with van der Waals surface area (Å²) in [4.78, 5) is 17.5. The van der Waals surface area contributed by atoms with Crippen molar-refractivity contribution in [3.8, 4) is 0 Å². The minimum absolute atomic E-state index is 0.254. The van der Waals surface area contributed by atoms with E-state index in [0.29, 0.717) is 16.2 Å². The number of ether oxygens (including phenoxy) is 1. The first-order valence-corrected chi connectivity index (χ1v) is 7.57. The van der Waals surface area contributed by atoms with Crippen molar-refractivity contribution in [1.82, 2.24) is 5.06 Å². The first-order chi connectivity index (χ1) is 12.3. The third-order valence-electron chi connectivity index (χ3n) is 3.55. The number of halogens is 4.